The molecule has 0 bridgehead atoms. The third kappa shape index (κ3) is 2.53. The van der Waals surface area contributed by atoms with Gasteiger partial charge in [-0.15, -0.1) is 0 Å². The molecule has 1 aliphatic carbocycles. The predicted octanol–water partition coefficient (Wildman–Crippen LogP) is 2.56. The number of hydrogen-bond donors (Lipinski definition) is 0. The van der Waals surface area contributed by atoms with Crippen molar-refractivity contribution in [3.8, 4) is 0 Å². The second-order valence-corrected chi connectivity index (χ2v) is 4.22. The van der Waals surface area contributed by atoms with Gasteiger partial charge in [0.05, 0.1) is 0 Å². The fourth-order valence-electron chi connectivity index (χ4n) is 1.51. The molecule has 0 aromatic carbocycles. The summed E-state index contributed by atoms with van der Waals surface area (Å²) in [6.07, 6.45) is 4.07. The first-order valence-electron chi connectivity index (χ1n) is 5.30. The highest BCUT2D eigenvalue weighted by atomic mass is 16.5. The van der Waals surface area contributed by atoms with Crippen LogP contribution in [-0.2, 0) is 9.53 Å². The molecule has 0 amide bonds. The molecule has 76 valence electrons. The van der Waals surface area contributed by atoms with Gasteiger partial charge in [-0.25, -0.2) is 0 Å². The number of rotatable bonds is 6. The van der Waals surface area contributed by atoms with Crippen molar-refractivity contribution in [3.63, 3.8) is 0 Å². The summed E-state index contributed by atoms with van der Waals surface area (Å²) in [5.74, 6) is 0.410. The van der Waals surface area contributed by atoms with E-state index in [1.54, 1.807) is 0 Å². The lowest BCUT2D eigenvalue weighted by Gasteiger charge is -2.17. The van der Waals surface area contributed by atoms with E-state index in [4.69, 9.17) is 4.74 Å². The number of ketones is 1. The topological polar surface area (TPSA) is 26.3 Å². The van der Waals surface area contributed by atoms with Crippen molar-refractivity contribution >= 4 is 5.78 Å². The molecule has 0 aliphatic heterocycles. The largest absolute Gasteiger partial charge is 0.367 e. The number of ether oxygens (including phenoxy) is 1. The Kier molecular flexibility index (Phi) is 3.48. The summed E-state index contributed by atoms with van der Waals surface area (Å²) in [5, 5.41) is 0. The second kappa shape index (κ2) is 4.23. The number of carbonyl (C=O) groups excluding carboxylic acids is 1. The summed E-state index contributed by atoms with van der Waals surface area (Å²) in [6, 6.07) is 0. The minimum Gasteiger partial charge on any atom is -0.367 e. The van der Waals surface area contributed by atoms with Crippen molar-refractivity contribution in [2.24, 2.45) is 5.92 Å². The van der Waals surface area contributed by atoms with E-state index in [1.165, 1.54) is 0 Å². The third-order valence-corrected chi connectivity index (χ3v) is 2.55. The Morgan fingerprint density at radius 1 is 1.46 bits per heavy atom. The molecule has 0 N–H and O–H groups in total. The van der Waals surface area contributed by atoms with Crippen LogP contribution in [0.25, 0.3) is 0 Å². The van der Waals surface area contributed by atoms with E-state index in [0.717, 1.165) is 32.3 Å². The number of unbranched alkanes of at least 4 members (excludes halogenated alkanes) is 1. The molecule has 1 fully saturated rings. The maximum atomic E-state index is 11.7. The minimum atomic E-state index is -0.358. The summed E-state index contributed by atoms with van der Waals surface area (Å²) in [6.45, 7) is 6.78. The highest BCUT2D eigenvalue weighted by Gasteiger charge is 2.51. The second-order valence-electron chi connectivity index (χ2n) is 4.22. The molecular formula is C11H20O2. The normalized spacial score (nSPS) is 19.1. The smallest absolute Gasteiger partial charge is 0.167 e. The number of Topliss-reactive ketones (excluding diaryl/α,β-unsaturated/α-hetero) is 1. The van der Waals surface area contributed by atoms with E-state index in [9.17, 15) is 4.79 Å². The molecule has 0 spiro atoms. The predicted molar refractivity (Wildman–Crippen MR) is 52.7 cm³/mol. The molecule has 0 saturated heterocycles. The van der Waals surface area contributed by atoms with Crippen LogP contribution in [0.15, 0.2) is 0 Å². The average Bonchev–Trinajstić information content (AvgIpc) is 2.85. The lowest BCUT2D eigenvalue weighted by molar-refractivity contribution is -0.136. The third-order valence-electron chi connectivity index (χ3n) is 2.55. The maximum absolute atomic E-state index is 11.7. The molecule has 0 unspecified atom stereocenters. The van der Waals surface area contributed by atoms with Gasteiger partial charge < -0.3 is 4.74 Å². The quantitative estimate of drug-likeness (QED) is 0.593. The SMILES string of the molecule is CCCCOC1(C(=O)C(C)C)CC1. The van der Waals surface area contributed by atoms with E-state index < -0.39 is 0 Å². The van der Waals surface area contributed by atoms with Crippen molar-refractivity contribution < 1.29 is 9.53 Å². The van der Waals surface area contributed by atoms with Crippen molar-refractivity contribution in [1.29, 1.82) is 0 Å². The number of carbonyl (C=O) groups is 1. The fraction of sp³-hybridized carbons (Fsp3) is 0.909. The summed E-state index contributed by atoms with van der Waals surface area (Å²) >= 11 is 0. The number of hydrogen-bond acceptors (Lipinski definition) is 2. The van der Waals surface area contributed by atoms with Gasteiger partial charge in [-0.05, 0) is 19.3 Å². The Balaban J connectivity index is 2.34. The summed E-state index contributed by atoms with van der Waals surface area (Å²) < 4.78 is 5.65. The van der Waals surface area contributed by atoms with Crippen molar-refractivity contribution in [3.05, 3.63) is 0 Å². The molecule has 1 rings (SSSR count). The van der Waals surface area contributed by atoms with Gasteiger partial charge in [0.25, 0.3) is 0 Å². The average molecular weight is 184 g/mol. The molecule has 0 atom stereocenters. The monoisotopic (exact) mass is 184 g/mol. The van der Waals surface area contributed by atoms with E-state index in [1.807, 2.05) is 13.8 Å². The first kappa shape index (κ1) is 10.7. The van der Waals surface area contributed by atoms with Gasteiger partial charge in [0.2, 0.25) is 0 Å². The van der Waals surface area contributed by atoms with Crippen LogP contribution in [0, 0.1) is 5.92 Å². The van der Waals surface area contributed by atoms with Crippen LogP contribution in [0.5, 0.6) is 0 Å². The zero-order valence-electron chi connectivity index (χ0n) is 8.93. The first-order valence-corrected chi connectivity index (χ1v) is 5.30. The van der Waals surface area contributed by atoms with Crippen molar-refractivity contribution in [2.45, 2.75) is 52.1 Å². The van der Waals surface area contributed by atoms with Crippen LogP contribution in [0.2, 0.25) is 0 Å². The van der Waals surface area contributed by atoms with Gasteiger partial charge in [0.15, 0.2) is 5.78 Å². The molecule has 0 heterocycles. The minimum absolute atomic E-state index is 0.115. The Hall–Kier alpha value is -0.370. The molecule has 0 radical (unpaired) electrons. The van der Waals surface area contributed by atoms with Crippen LogP contribution in [0.4, 0.5) is 0 Å². The lowest BCUT2D eigenvalue weighted by Crippen LogP contribution is -2.30. The van der Waals surface area contributed by atoms with Crippen LogP contribution < -0.4 is 0 Å². The highest BCUT2D eigenvalue weighted by molar-refractivity contribution is 5.91. The zero-order valence-corrected chi connectivity index (χ0v) is 8.93. The Bertz CT molecular complexity index is 181. The first-order chi connectivity index (χ1) is 6.12. The molecule has 2 heteroatoms. The van der Waals surface area contributed by atoms with Crippen molar-refractivity contribution in [1.82, 2.24) is 0 Å². The van der Waals surface area contributed by atoms with Gasteiger partial charge in [-0.2, -0.15) is 0 Å². The van der Waals surface area contributed by atoms with Gasteiger partial charge in [-0.3, -0.25) is 4.79 Å². The highest BCUT2D eigenvalue weighted by Crippen LogP contribution is 2.42. The van der Waals surface area contributed by atoms with Gasteiger partial charge in [0.1, 0.15) is 5.60 Å². The molecule has 1 saturated carbocycles. The Morgan fingerprint density at radius 2 is 2.08 bits per heavy atom. The molecule has 1 aliphatic rings. The van der Waals surface area contributed by atoms with E-state index >= 15 is 0 Å². The van der Waals surface area contributed by atoms with Crippen LogP contribution in [0.3, 0.4) is 0 Å². The standard InChI is InChI=1S/C11H20O2/c1-4-5-8-13-11(6-7-11)10(12)9(2)3/h9H,4-8H2,1-3H3. The van der Waals surface area contributed by atoms with Crippen LogP contribution >= 0.6 is 0 Å². The summed E-state index contributed by atoms with van der Waals surface area (Å²) in [4.78, 5) is 11.7. The van der Waals surface area contributed by atoms with Gasteiger partial charge in [-0.1, -0.05) is 27.2 Å². The van der Waals surface area contributed by atoms with Crippen molar-refractivity contribution in [2.75, 3.05) is 6.61 Å². The lowest BCUT2D eigenvalue weighted by atomic mass is 10.0. The van der Waals surface area contributed by atoms with Gasteiger partial charge in [0, 0.05) is 12.5 Å². The summed E-state index contributed by atoms with van der Waals surface area (Å²) in [5.41, 5.74) is -0.358. The van der Waals surface area contributed by atoms with E-state index in [-0.39, 0.29) is 11.5 Å². The van der Waals surface area contributed by atoms with Crippen LogP contribution in [-0.4, -0.2) is 18.0 Å². The molecule has 2 nitrogen and oxygen atoms in total. The van der Waals surface area contributed by atoms with E-state index in [2.05, 4.69) is 6.92 Å². The zero-order chi connectivity index (χ0) is 9.90. The van der Waals surface area contributed by atoms with E-state index in [0.29, 0.717) is 5.78 Å². The van der Waals surface area contributed by atoms with Gasteiger partial charge >= 0.3 is 0 Å². The molecule has 13 heavy (non-hydrogen) atoms. The molecule has 0 aromatic rings. The Morgan fingerprint density at radius 3 is 2.46 bits per heavy atom. The maximum Gasteiger partial charge on any atom is 0.167 e. The Labute approximate surface area is 80.7 Å². The summed E-state index contributed by atoms with van der Waals surface area (Å²) in [7, 11) is 0. The fourth-order valence-corrected chi connectivity index (χ4v) is 1.51. The molecular weight excluding hydrogens is 164 g/mol. The van der Waals surface area contributed by atoms with Crippen LogP contribution in [0.1, 0.15) is 46.5 Å². The molecule has 0 aromatic heterocycles.